The van der Waals surface area contributed by atoms with Crippen LogP contribution in [-0.4, -0.2) is 41.2 Å². The summed E-state index contributed by atoms with van der Waals surface area (Å²) in [6, 6.07) is 7.25. The van der Waals surface area contributed by atoms with E-state index in [9.17, 15) is 9.59 Å². The van der Waals surface area contributed by atoms with Gasteiger partial charge >= 0.3 is 0 Å². The molecule has 2 amide bonds. The minimum absolute atomic E-state index is 0.0982. The van der Waals surface area contributed by atoms with Gasteiger partial charge in [-0.2, -0.15) is 0 Å². The normalized spacial score (nSPS) is 21.4. The van der Waals surface area contributed by atoms with Gasteiger partial charge < -0.3 is 9.80 Å². The molecule has 0 saturated carbocycles. The molecule has 2 atom stereocenters. The van der Waals surface area contributed by atoms with Crippen LogP contribution in [0.2, 0.25) is 5.02 Å². The third-order valence-electron chi connectivity index (χ3n) is 4.66. The van der Waals surface area contributed by atoms with E-state index in [1.807, 2.05) is 49.9 Å². The first-order chi connectivity index (χ1) is 11.0. The van der Waals surface area contributed by atoms with Gasteiger partial charge in [0.2, 0.25) is 11.8 Å². The van der Waals surface area contributed by atoms with Gasteiger partial charge in [-0.25, -0.2) is 0 Å². The molecule has 0 bridgehead atoms. The molecule has 0 aromatic heterocycles. The van der Waals surface area contributed by atoms with E-state index >= 15 is 0 Å². The molecule has 1 aliphatic rings. The Hall–Kier alpha value is -1.55. The predicted octanol–water partition coefficient (Wildman–Crippen LogP) is 3.51. The van der Waals surface area contributed by atoms with E-state index < -0.39 is 0 Å². The van der Waals surface area contributed by atoms with Crippen LogP contribution in [0.4, 0.5) is 0 Å². The van der Waals surface area contributed by atoms with Crippen LogP contribution in [0.15, 0.2) is 24.3 Å². The number of carbonyl (C=O) groups is 2. The number of piperidine rings is 1. The SMILES string of the molecule is CCN(CC)C(=O)[C@@H]1CCC(=O)N(CC)[C@H]1c1ccccc1Cl. The molecule has 0 N–H and O–H groups in total. The minimum atomic E-state index is -0.275. The Bertz CT molecular complexity index is 572. The first-order valence-electron chi connectivity index (χ1n) is 8.37. The van der Waals surface area contributed by atoms with Crippen molar-refractivity contribution in [3.05, 3.63) is 34.9 Å². The van der Waals surface area contributed by atoms with Gasteiger partial charge in [-0.15, -0.1) is 0 Å². The first-order valence-corrected chi connectivity index (χ1v) is 8.75. The highest BCUT2D eigenvalue weighted by Gasteiger charge is 2.41. The molecule has 0 aliphatic carbocycles. The van der Waals surface area contributed by atoms with Crippen molar-refractivity contribution in [3.8, 4) is 0 Å². The summed E-state index contributed by atoms with van der Waals surface area (Å²) in [4.78, 5) is 29.0. The largest absolute Gasteiger partial charge is 0.343 e. The lowest BCUT2D eigenvalue weighted by Crippen LogP contribution is -2.49. The summed E-state index contributed by atoms with van der Waals surface area (Å²) < 4.78 is 0. The Kier molecular flexibility index (Phi) is 6.05. The topological polar surface area (TPSA) is 40.6 Å². The van der Waals surface area contributed by atoms with Crippen LogP contribution in [0.25, 0.3) is 0 Å². The summed E-state index contributed by atoms with van der Waals surface area (Å²) in [6.45, 7) is 7.86. The van der Waals surface area contributed by atoms with Crippen LogP contribution < -0.4 is 0 Å². The molecule has 0 spiro atoms. The molecule has 0 unspecified atom stereocenters. The van der Waals surface area contributed by atoms with Crippen molar-refractivity contribution in [1.82, 2.24) is 9.80 Å². The Labute approximate surface area is 143 Å². The number of hydrogen-bond acceptors (Lipinski definition) is 2. The number of nitrogens with zero attached hydrogens (tertiary/aromatic N) is 2. The van der Waals surface area contributed by atoms with E-state index in [0.717, 1.165) is 5.56 Å². The van der Waals surface area contributed by atoms with Crippen LogP contribution >= 0.6 is 11.6 Å². The zero-order chi connectivity index (χ0) is 17.0. The van der Waals surface area contributed by atoms with E-state index in [1.165, 1.54) is 0 Å². The van der Waals surface area contributed by atoms with Crippen molar-refractivity contribution >= 4 is 23.4 Å². The lowest BCUT2D eigenvalue weighted by atomic mass is 9.83. The van der Waals surface area contributed by atoms with Crippen LogP contribution in [0.1, 0.15) is 45.2 Å². The Morgan fingerprint density at radius 2 is 1.91 bits per heavy atom. The van der Waals surface area contributed by atoms with Gasteiger partial charge in [0.25, 0.3) is 0 Å². The molecule has 4 nitrogen and oxygen atoms in total. The van der Waals surface area contributed by atoms with Gasteiger partial charge in [0, 0.05) is 31.1 Å². The van der Waals surface area contributed by atoms with E-state index in [1.54, 1.807) is 4.90 Å². The average Bonchev–Trinajstić information content (AvgIpc) is 2.56. The van der Waals surface area contributed by atoms with Gasteiger partial charge in [-0.05, 0) is 38.8 Å². The van der Waals surface area contributed by atoms with Gasteiger partial charge in [0.15, 0.2) is 0 Å². The summed E-state index contributed by atoms with van der Waals surface area (Å²) in [5.74, 6) is -0.0145. The number of benzene rings is 1. The third kappa shape index (κ3) is 3.52. The van der Waals surface area contributed by atoms with Crippen molar-refractivity contribution in [2.75, 3.05) is 19.6 Å². The summed E-state index contributed by atoms with van der Waals surface area (Å²) in [7, 11) is 0. The maximum Gasteiger partial charge on any atom is 0.228 e. The standard InChI is InChI=1S/C18H25ClN2O2/c1-4-20(5-2)18(23)14-11-12-16(22)21(6-3)17(14)13-9-7-8-10-15(13)19/h7-10,14,17H,4-6,11-12H2,1-3H3/t14-,17+/m1/s1. The number of amides is 2. The second-order valence-corrected chi connectivity index (χ2v) is 6.21. The first kappa shape index (κ1) is 17.8. The second kappa shape index (κ2) is 7.82. The van der Waals surface area contributed by atoms with E-state index in [0.29, 0.717) is 37.5 Å². The monoisotopic (exact) mass is 336 g/mol. The molecule has 1 heterocycles. The lowest BCUT2D eigenvalue weighted by Gasteiger charge is -2.42. The fourth-order valence-electron chi connectivity index (χ4n) is 3.45. The molecule has 1 saturated heterocycles. The molecular weight excluding hydrogens is 312 g/mol. The maximum atomic E-state index is 13.0. The molecule has 1 aliphatic heterocycles. The molecule has 5 heteroatoms. The number of halogens is 1. The van der Waals surface area contributed by atoms with Crippen molar-refractivity contribution in [2.45, 2.75) is 39.7 Å². The van der Waals surface area contributed by atoms with Crippen molar-refractivity contribution in [2.24, 2.45) is 5.92 Å². The van der Waals surface area contributed by atoms with E-state index in [-0.39, 0.29) is 23.8 Å². The number of hydrogen-bond donors (Lipinski definition) is 0. The highest BCUT2D eigenvalue weighted by molar-refractivity contribution is 6.31. The summed E-state index contributed by atoms with van der Waals surface area (Å²) in [5.41, 5.74) is 0.870. The molecule has 0 radical (unpaired) electrons. The van der Waals surface area contributed by atoms with Crippen molar-refractivity contribution in [3.63, 3.8) is 0 Å². The van der Waals surface area contributed by atoms with Crippen LogP contribution in [0, 0.1) is 5.92 Å². The van der Waals surface area contributed by atoms with E-state index in [4.69, 9.17) is 11.6 Å². The van der Waals surface area contributed by atoms with Gasteiger partial charge in [0.05, 0.1) is 12.0 Å². The van der Waals surface area contributed by atoms with Crippen LogP contribution in [0.5, 0.6) is 0 Å². The van der Waals surface area contributed by atoms with Gasteiger partial charge in [0.1, 0.15) is 0 Å². The highest BCUT2D eigenvalue weighted by Crippen LogP contribution is 2.40. The van der Waals surface area contributed by atoms with Gasteiger partial charge in [-0.3, -0.25) is 9.59 Å². The predicted molar refractivity (Wildman–Crippen MR) is 92.2 cm³/mol. The van der Waals surface area contributed by atoms with Crippen molar-refractivity contribution < 1.29 is 9.59 Å². The second-order valence-electron chi connectivity index (χ2n) is 5.80. The fourth-order valence-corrected chi connectivity index (χ4v) is 3.70. The number of carbonyl (C=O) groups excluding carboxylic acids is 2. The summed E-state index contributed by atoms with van der Waals surface area (Å²) in [5, 5.41) is 0.614. The smallest absolute Gasteiger partial charge is 0.228 e. The molecule has 23 heavy (non-hydrogen) atoms. The van der Waals surface area contributed by atoms with Crippen LogP contribution in [-0.2, 0) is 9.59 Å². The average molecular weight is 337 g/mol. The van der Waals surface area contributed by atoms with Crippen LogP contribution in [0.3, 0.4) is 0 Å². The summed E-state index contributed by atoms with van der Waals surface area (Å²) >= 11 is 6.38. The quantitative estimate of drug-likeness (QED) is 0.825. The Balaban J connectivity index is 2.45. The molecular formula is C18H25ClN2O2. The lowest BCUT2D eigenvalue weighted by molar-refractivity contribution is -0.147. The van der Waals surface area contributed by atoms with E-state index in [2.05, 4.69) is 0 Å². The third-order valence-corrected chi connectivity index (χ3v) is 5.01. The van der Waals surface area contributed by atoms with Gasteiger partial charge in [-0.1, -0.05) is 29.8 Å². The number of rotatable bonds is 5. The molecule has 1 aromatic carbocycles. The zero-order valence-corrected chi connectivity index (χ0v) is 14.8. The number of likely N-dealkylation sites (tertiary alicyclic amines) is 1. The fraction of sp³-hybridized carbons (Fsp3) is 0.556. The molecule has 1 aromatic rings. The maximum absolute atomic E-state index is 13.0. The molecule has 126 valence electrons. The molecule has 1 fully saturated rings. The molecule has 2 rings (SSSR count). The van der Waals surface area contributed by atoms with Crippen molar-refractivity contribution in [1.29, 1.82) is 0 Å². The summed E-state index contributed by atoms with van der Waals surface area (Å²) in [6.07, 6.45) is 1.01. The minimum Gasteiger partial charge on any atom is -0.343 e. The Morgan fingerprint density at radius 1 is 1.26 bits per heavy atom. The highest BCUT2D eigenvalue weighted by atomic mass is 35.5. The zero-order valence-electron chi connectivity index (χ0n) is 14.1. The Morgan fingerprint density at radius 3 is 2.48 bits per heavy atom.